The maximum Gasteiger partial charge on any atom is 0.141 e. The second-order valence-corrected chi connectivity index (χ2v) is 4.35. The van der Waals surface area contributed by atoms with E-state index in [9.17, 15) is 4.79 Å². The number of ketones is 1. The first-order valence-electron chi connectivity index (χ1n) is 5.99. The molecular formula is C13H18N2O. The van der Waals surface area contributed by atoms with Crippen LogP contribution in [0.5, 0.6) is 0 Å². The number of aryl methyl sites for hydroxylation is 1. The molecule has 0 fully saturated rings. The SMILES string of the molecule is NCCCC(=O)C1CCCc2cccnc21. The van der Waals surface area contributed by atoms with Crippen molar-refractivity contribution in [2.75, 3.05) is 6.54 Å². The molecule has 0 aliphatic heterocycles. The molecule has 0 bridgehead atoms. The zero-order chi connectivity index (χ0) is 11.4. The number of hydrogen-bond donors (Lipinski definition) is 1. The first-order valence-corrected chi connectivity index (χ1v) is 5.99. The summed E-state index contributed by atoms with van der Waals surface area (Å²) in [5, 5.41) is 0. The second-order valence-electron chi connectivity index (χ2n) is 4.35. The lowest BCUT2D eigenvalue weighted by Gasteiger charge is -2.23. The van der Waals surface area contributed by atoms with E-state index in [0.29, 0.717) is 18.7 Å². The van der Waals surface area contributed by atoms with Crippen LogP contribution in [-0.4, -0.2) is 17.3 Å². The van der Waals surface area contributed by atoms with Gasteiger partial charge in [0.2, 0.25) is 0 Å². The summed E-state index contributed by atoms with van der Waals surface area (Å²) in [6.07, 6.45) is 6.27. The molecule has 3 nitrogen and oxygen atoms in total. The summed E-state index contributed by atoms with van der Waals surface area (Å²) in [4.78, 5) is 16.4. The van der Waals surface area contributed by atoms with Crippen molar-refractivity contribution in [3.05, 3.63) is 29.6 Å². The van der Waals surface area contributed by atoms with Crippen molar-refractivity contribution in [1.29, 1.82) is 0 Å². The van der Waals surface area contributed by atoms with E-state index in [1.165, 1.54) is 5.56 Å². The van der Waals surface area contributed by atoms with Crippen molar-refractivity contribution >= 4 is 5.78 Å². The molecule has 0 saturated heterocycles. The highest BCUT2D eigenvalue weighted by Gasteiger charge is 2.26. The maximum atomic E-state index is 12.0. The van der Waals surface area contributed by atoms with Crippen LogP contribution in [0.25, 0.3) is 0 Å². The van der Waals surface area contributed by atoms with E-state index in [1.54, 1.807) is 6.20 Å². The van der Waals surface area contributed by atoms with Crippen LogP contribution in [0.3, 0.4) is 0 Å². The largest absolute Gasteiger partial charge is 0.330 e. The minimum atomic E-state index is 0.0245. The third kappa shape index (κ3) is 2.30. The van der Waals surface area contributed by atoms with Gasteiger partial charge in [-0.15, -0.1) is 0 Å². The van der Waals surface area contributed by atoms with Crippen molar-refractivity contribution in [1.82, 2.24) is 4.98 Å². The molecule has 3 heteroatoms. The molecule has 0 saturated carbocycles. The van der Waals surface area contributed by atoms with Crippen molar-refractivity contribution in [3.8, 4) is 0 Å². The summed E-state index contributed by atoms with van der Waals surface area (Å²) in [7, 11) is 0. The zero-order valence-electron chi connectivity index (χ0n) is 9.48. The monoisotopic (exact) mass is 218 g/mol. The van der Waals surface area contributed by atoms with Gasteiger partial charge >= 0.3 is 0 Å². The van der Waals surface area contributed by atoms with Gasteiger partial charge in [-0.3, -0.25) is 9.78 Å². The highest BCUT2D eigenvalue weighted by molar-refractivity contribution is 5.85. The average molecular weight is 218 g/mol. The number of rotatable bonds is 4. The van der Waals surface area contributed by atoms with Crippen molar-refractivity contribution in [3.63, 3.8) is 0 Å². The first kappa shape index (κ1) is 11.3. The average Bonchev–Trinajstić information content (AvgIpc) is 2.35. The quantitative estimate of drug-likeness (QED) is 0.838. The van der Waals surface area contributed by atoms with Gasteiger partial charge in [0, 0.05) is 12.6 Å². The van der Waals surface area contributed by atoms with E-state index in [1.807, 2.05) is 6.07 Å². The summed E-state index contributed by atoms with van der Waals surface area (Å²) < 4.78 is 0. The fourth-order valence-electron chi connectivity index (χ4n) is 2.37. The Hall–Kier alpha value is -1.22. The summed E-state index contributed by atoms with van der Waals surface area (Å²) in [5.74, 6) is 0.335. The molecule has 1 atom stereocenters. The summed E-state index contributed by atoms with van der Waals surface area (Å²) in [6.45, 7) is 0.591. The zero-order valence-corrected chi connectivity index (χ0v) is 9.48. The predicted octanol–water partition coefficient (Wildman–Crippen LogP) is 1.81. The van der Waals surface area contributed by atoms with Crippen LogP contribution in [0.15, 0.2) is 18.3 Å². The Balaban J connectivity index is 2.15. The van der Waals surface area contributed by atoms with Crippen molar-refractivity contribution in [2.45, 2.75) is 38.0 Å². The van der Waals surface area contributed by atoms with Crippen LogP contribution in [-0.2, 0) is 11.2 Å². The molecule has 0 aromatic carbocycles. The van der Waals surface area contributed by atoms with Gasteiger partial charge in [0.15, 0.2) is 0 Å². The fourth-order valence-corrected chi connectivity index (χ4v) is 2.37. The van der Waals surface area contributed by atoms with E-state index < -0.39 is 0 Å². The van der Waals surface area contributed by atoms with Gasteiger partial charge in [0.05, 0.1) is 11.6 Å². The van der Waals surface area contributed by atoms with Gasteiger partial charge in [0.25, 0.3) is 0 Å². The molecule has 1 aliphatic carbocycles. The summed E-state index contributed by atoms with van der Waals surface area (Å²) in [5.41, 5.74) is 7.69. The lowest BCUT2D eigenvalue weighted by atomic mass is 9.83. The third-order valence-electron chi connectivity index (χ3n) is 3.21. The lowest BCUT2D eigenvalue weighted by molar-refractivity contribution is -0.120. The number of nitrogens with zero attached hydrogens (tertiary/aromatic N) is 1. The Morgan fingerprint density at radius 3 is 3.25 bits per heavy atom. The maximum absolute atomic E-state index is 12.0. The second kappa shape index (κ2) is 5.21. The topological polar surface area (TPSA) is 56.0 Å². The molecule has 1 aliphatic rings. The van der Waals surface area contributed by atoms with E-state index in [4.69, 9.17) is 5.73 Å². The Labute approximate surface area is 96.1 Å². The molecule has 0 spiro atoms. The predicted molar refractivity (Wildman–Crippen MR) is 63.2 cm³/mol. The normalized spacial score (nSPS) is 19.2. The van der Waals surface area contributed by atoms with E-state index in [-0.39, 0.29) is 5.92 Å². The lowest BCUT2D eigenvalue weighted by Crippen LogP contribution is -2.20. The van der Waals surface area contributed by atoms with Gasteiger partial charge < -0.3 is 5.73 Å². The number of Topliss-reactive ketones (excluding diaryl/α,β-unsaturated/α-hetero) is 1. The Morgan fingerprint density at radius 2 is 2.44 bits per heavy atom. The van der Waals surface area contributed by atoms with Crippen LogP contribution in [0, 0.1) is 0 Å². The molecule has 0 amide bonds. The molecule has 1 unspecified atom stereocenters. The van der Waals surface area contributed by atoms with Crippen LogP contribution >= 0.6 is 0 Å². The number of aromatic nitrogens is 1. The Bertz CT molecular complexity index is 376. The van der Waals surface area contributed by atoms with Crippen LogP contribution in [0.2, 0.25) is 0 Å². The van der Waals surface area contributed by atoms with Gasteiger partial charge in [-0.2, -0.15) is 0 Å². The van der Waals surface area contributed by atoms with Gasteiger partial charge in [-0.25, -0.2) is 0 Å². The summed E-state index contributed by atoms with van der Waals surface area (Å²) in [6, 6.07) is 4.04. The minimum absolute atomic E-state index is 0.0245. The van der Waals surface area contributed by atoms with Crippen molar-refractivity contribution in [2.24, 2.45) is 5.73 Å². The number of pyridine rings is 1. The molecule has 2 N–H and O–H groups in total. The molecule has 1 heterocycles. The molecule has 1 aromatic heterocycles. The van der Waals surface area contributed by atoms with E-state index >= 15 is 0 Å². The fraction of sp³-hybridized carbons (Fsp3) is 0.538. The molecule has 1 aromatic rings. The highest BCUT2D eigenvalue weighted by atomic mass is 16.1. The van der Waals surface area contributed by atoms with Crippen LogP contribution < -0.4 is 5.73 Å². The van der Waals surface area contributed by atoms with Crippen molar-refractivity contribution < 1.29 is 4.79 Å². The van der Waals surface area contributed by atoms with Crippen LogP contribution in [0.4, 0.5) is 0 Å². The minimum Gasteiger partial charge on any atom is -0.330 e. The smallest absolute Gasteiger partial charge is 0.141 e. The molecular weight excluding hydrogens is 200 g/mol. The molecule has 86 valence electrons. The first-order chi connectivity index (χ1) is 7.83. The number of carbonyl (C=O) groups excluding carboxylic acids is 1. The molecule has 0 radical (unpaired) electrons. The molecule has 2 rings (SSSR count). The number of nitrogens with two attached hydrogens (primary N) is 1. The number of hydrogen-bond acceptors (Lipinski definition) is 3. The highest BCUT2D eigenvalue weighted by Crippen LogP contribution is 2.31. The van der Waals surface area contributed by atoms with Gasteiger partial charge in [-0.1, -0.05) is 6.07 Å². The Kier molecular flexibility index (Phi) is 3.67. The standard InChI is InChI=1S/C13H18N2O/c14-8-2-7-12(16)11-6-1-4-10-5-3-9-15-13(10)11/h3,5,9,11H,1-2,4,6-8,14H2. The Morgan fingerprint density at radius 1 is 1.56 bits per heavy atom. The molecule has 16 heavy (non-hydrogen) atoms. The van der Waals surface area contributed by atoms with Gasteiger partial charge in [0.1, 0.15) is 5.78 Å². The van der Waals surface area contributed by atoms with Crippen LogP contribution in [0.1, 0.15) is 42.9 Å². The number of fused-ring (bicyclic) bond motifs is 1. The third-order valence-corrected chi connectivity index (χ3v) is 3.21. The van der Waals surface area contributed by atoms with Gasteiger partial charge in [-0.05, 0) is 43.9 Å². The number of carbonyl (C=O) groups is 1. The van der Waals surface area contributed by atoms with E-state index in [2.05, 4.69) is 11.1 Å². The summed E-state index contributed by atoms with van der Waals surface area (Å²) >= 11 is 0. The van der Waals surface area contributed by atoms with E-state index in [0.717, 1.165) is 31.4 Å².